The highest BCUT2D eigenvalue weighted by Crippen LogP contribution is 2.27. The van der Waals surface area contributed by atoms with Crippen molar-refractivity contribution in [3.8, 4) is 11.6 Å². The maximum atomic E-state index is 12.4. The van der Waals surface area contributed by atoms with Gasteiger partial charge in [0.1, 0.15) is 5.56 Å². The largest absolute Gasteiger partial charge is 0.493 e. The summed E-state index contributed by atoms with van der Waals surface area (Å²) in [5, 5.41) is 15.4. The van der Waals surface area contributed by atoms with E-state index in [1.54, 1.807) is 24.3 Å². The number of hydrazone groups is 1. The highest BCUT2D eigenvalue weighted by molar-refractivity contribution is 6.30. The van der Waals surface area contributed by atoms with Crippen LogP contribution in [0.3, 0.4) is 0 Å². The van der Waals surface area contributed by atoms with Gasteiger partial charge in [0.15, 0.2) is 0 Å². The fourth-order valence-corrected chi connectivity index (χ4v) is 3.22. The Balaban J connectivity index is 1.76. The summed E-state index contributed by atoms with van der Waals surface area (Å²) >= 11 is 5.88. The van der Waals surface area contributed by atoms with E-state index in [4.69, 9.17) is 11.6 Å². The first-order valence-electron chi connectivity index (χ1n) is 8.26. The number of hydrogen-bond donors (Lipinski definition) is 3. The van der Waals surface area contributed by atoms with Gasteiger partial charge in [-0.1, -0.05) is 41.9 Å². The van der Waals surface area contributed by atoms with Gasteiger partial charge in [-0.25, -0.2) is 9.36 Å². The smallest absolute Gasteiger partial charge is 0.335 e. The summed E-state index contributed by atoms with van der Waals surface area (Å²) in [5.41, 5.74) is 3.29. The van der Waals surface area contributed by atoms with Crippen molar-refractivity contribution in [1.29, 1.82) is 0 Å². The second kappa shape index (κ2) is 6.77. The average molecular weight is 383 g/mol. The number of nitrogens with zero attached hydrogens (tertiary/aromatic N) is 2. The van der Waals surface area contributed by atoms with Crippen molar-refractivity contribution < 1.29 is 5.11 Å². The lowest BCUT2D eigenvalue weighted by atomic mass is 10.00. The molecular weight excluding hydrogens is 368 g/mol. The normalized spacial score (nSPS) is 16.0. The maximum absolute atomic E-state index is 12.4. The summed E-state index contributed by atoms with van der Waals surface area (Å²) in [5.74, 6) is -0.458. The lowest BCUT2D eigenvalue weighted by molar-refractivity contribution is 0.429. The third-order valence-electron chi connectivity index (χ3n) is 4.41. The first-order chi connectivity index (χ1) is 13.0. The Morgan fingerprint density at radius 3 is 2.48 bits per heavy atom. The molecule has 2 aromatic carbocycles. The Morgan fingerprint density at radius 2 is 1.78 bits per heavy atom. The molecule has 0 fully saturated rings. The van der Waals surface area contributed by atoms with Gasteiger partial charge in [0.2, 0.25) is 5.88 Å². The Kier molecular flexibility index (Phi) is 4.29. The molecule has 0 aliphatic carbocycles. The molecule has 0 amide bonds. The van der Waals surface area contributed by atoms with Gasteiger partial charge in [-0.15, -0.1) is 0 Å². The van der Waals surface area contributed by atoms with E-state index in [0.29, 0.717) is 22.8 Å². The number of benzene rings is 2. The molecule has 0 saturated carbocycles. The minimum absolute atomic E-state index is 0.0320. The van der Waals surface area contributed by atoms with Crippen LogP contribution >= 0.6 is 11.6 Å². The number of aromatic nitrogens is 2. The van der Waals surface area contributed by atoms with Crippen molar-refractivity contribution in [1.82, 2.24) is 15.0 Å². The SMILES string of the molecule is O=c1[nH]c(=O)n(-c2ccc(Cl)cc2)c(O)c1C1=NN[C@H](c2ccccc2)C1. The van der Waals surface area contributed by atoms with Gasteiger partial charge in [0.05, 0.1) is 17.4 Å². The molecule has 0 spiro atoms. The number of rotatable bonds is 3. The zero-order chi connectivity index (χ0) is 19.0. The molecule has 136 valence electrons. The monoisotopic (exact) mass is 382 g/mol. The number of hydrogen-bond acceptors (Lipinski definition) is 5. The zero-order valence-corrected chi connectivity index (χ0v) is 14.8. The molecule has 1 atom stereocenters. The van der Waals surface area contributed by atoms with Crippen molar-refractivity contribution in [3.05, 3.63) is 91.6 Å². The standard InChI is InChI=1S/C19H15ClN4O3/c20-12-6-8-13(9-7-12)24-18(26)16(17(25)21-19(24)27)15-10-14(22-23-15)11-4-2-1-3-5-11/h1-9,14,22,26H,10H2,(H,21,25,27)/t14-/m0/s1. The first-order valence-corrected chi connectivity index (χ1v) is 8.64. The Morgan fingerprint density at radius 1 is 1.07 bits per heavy atom. The molecule has 2 heterocycles. The predicted octanol–water partition coefficient (Wildman–Crippen LogP) is 2.32. The predicted molar refractivity (Wildman–Crippen MR) is 103 cm³/mol. The lowest BCUT2D eigenvalue weighted by Gasteiger charge is -2.12. The van der Waals surface area contributed by atoms with Crippen molar-refractivity contribution in [2.45, 2.75) is 12.5 Å². The van der Waals surface area contributed by atoms with Gasteiger partial charge in [-0.2, -0.15) is 5.10 Å². The second-order valence-corrected chi connectivity index (χ2v) is 6.56. The van der Waals surface area contributed by atoms with Crippen LogP contribution in [0.5, 0.6) is 5.88 Å². The van der Waals surface area contributed by atoms with Gasteiger partial charge < -0.3 is 10.5 Å². The van der Waals surface area contributed by atoms with Gasteiger partial charge in [0.25, 0.3) is 5.56 Å². The summed E-state index contributed by atoms with van der Waals surface area (Å²) in [6, 6.07) is 15.9. The average Bonchev–Trinajstić information content (AvgIpc) is 3.13. The molecule has 3 N–H and O–H groups in total. The van der Waals surface area contributed by atoms with Crippen molar-refractivity contribution >= 4 is 17.3 Å². The fourth-order valence-electron chi connectivity index (χ4n) is 3.09. The van der Waals surface area contributed by atoms with E-state index >= 15 is 0 Å². The topological polar surface area (TPSA) is 99.5 Å². The third-order valence-corrected chi connectivity index (χ3v) is 4.67. The molecule has 0 radical (unpaired) electrons. The van der Waals surface area contributed by atoms with Gasteiger partial charge in [-0.3, -0.25) is 9.78 Å². The first kappa shape index (κ1) is 17.1. The van der Waals surface area contributed by atoms with E-state index in [-0.39, 0.29) is 11.6 Å². The summed E-state index contributed by atoms with van der Waals surface area (Å²) in [6.07, 6.45) is 0.402. The summed E-state index contributed by atoms with van der Waals surface area (Å²) < 4.78 is 1.02. The van der Waals surface area contributed by atoms with Crippen LogP contribution < -0.4 is 16.7 Å². The van der Waals surface area contributed by atoms with Crippen LogP contribution in [0.1, 0.15) is 23.6 Å². The Labute approximate surface area is 158 Å². The number of aromatic hydroxyl groups is 1. The summed E-state index contributed by atoms with van der Waals surface area (Å²) in [6.45, 7) is 0. The van der Waals surface area contributed by atoms with Gasteiger partial charge >= 0.3 is 5.69 Å². The van der Waals surface area contributed by atoms with Crippen molar-refractivity contribution in [2.24, 2.45) is 5.10 Å². The molecule has 3 aromatic rings. The van der Waals surface area contributed by atoms with E-state index in [9.17, 15) is 14.7 Å². The molecule has 0 unspecified atom stereocenters. The Hall–Kier alpha value is -3.32. The quantitative estimate of drug-likeness (QED) is 0.647. The molecular formula is C19H15ClN4O3. The molecule has 4 rings (SSSR count). The van der Waals surface area contributed by atoms with Crippen molar-refractivity contribution in [2.75, 3.05) is 0 Å². The van der Waals surface area contributed by atoms with Gasteiger partial charge in [-0.05, 0) is 29.8 Å². The Bertz CT molecular complexity index is 1130. The number of halogens is 1. The lowest BCUT2D eigenvalue weighted by Crippen LogP contribution is -2.33. The molecule has 0 saturated heterocycles. The zero-order valence-electron chi connectivity index (χ0n) is 14.0. The number of aromatic amines is 1. The summed E-state index contributed by atoms with van der Waals surface area (Å²) in [7, 11) is 0. The minimum atomic E-state index is -0.741. The third kappa shape index (κ3) is 3.13. The molecule has 1 aliphatic heterocycles. The fraction of sp³-hybridized carbons (Fsp3) is 0.105. The molecule has 27 heavy (non-hydrogen) atoms. The van der Waals surface area contributed by atoms with Gasteiger partial charge in [0, 0.05) is 11.4 Å². The summed E-state index contributed by atoms with van der Waals surface area (Å²) in [4.78, 5) is 26.9. The number of nitrogens with one attached hydrogen (secondary N) is 2. The highest BCUT2D eigenvalue weighted by atomic mass is 35.5. The van der Waals surface area contributed by atoms with Crippen LogP contribution in [-0.4, -0.2) is 20.4 Å². The number of H-pyrrole nitrogens is 1. The van der Waals surface area contributed by atoms with Crippen LogP contribution in [-0.2, 0) is 0 Å². The molecule has 0 bridgehead atoms. The molecule has 7 nitrogen and oxygen atoms in total. The minimum Gasteiger partial charge on any atom is -0.493 e. The highest BCUT2D eigenvalue weighted by Gasteiger charge is 2.27. The van der Waals surface area contributed by atoms with E-state index in [2.05, 4.69) is 15.5 Å². The second-order valence-electron chi connectivity index (χ2n) is 6.12. The van der Waals surface area contributed by atoms with E-state index in [1.165, 1.54) is 0 Å². The van der Waals surface area contributed by atoms with Crippen LogP contribution in [0.4, 0.5) is 0 Å². The van der Waals surface area contributed by atoms with Crippen LogP contribution in [0, 0.1) is 0 Å². The molecule has 8 heteroatoms. The van der Waals surface area contributed by atoms with Crippen LogP contribution in [0.25, 0.3) is 5.69 Å². The van der Waals surface area contributed by atoms with E-state index in [1.807, 2.05) is 30.3 Å². The molecule has 1 aromatic heterocycles. The molecule has 1 aliphatic rings. The van der Waals surface area contributed by atoms with Crippen LogP contribution in [0.15, 0.2) is 69.3 Å². The van der Waals surface area contributed by atoms with E-state index < -0.39 is 17.1 Å². The maximum Gasteiger partial charge on any atom is 0.335 e. The van der Waals surface area contributed by atoms with E-state index in [0.717, 1.165) is 10.1 Å². The van der Waals surface area contributed by atoms with Crippen LogP contribution in [0.2, 0.25) is 5.02 Å². The van der Waals surface area contributed by atoms with Crippen molar-refractivity contribution in [3.63, 3.8) is 0 Å².